The molecule has 2 saturated heterocycles. The van der Waals surface area contributed by atoms with Crippen molar-refractivity contribution in [3.8, 4) is 0 Å². The fourth-order valence-corrected chi connectivity index (χ4v) is 3.03. The van der Waals surface area contributed by atoms with Gasteiger partial charge in [-0.05, 0) is 52.6 Å². The molecule has 2 N–H and O–H groups in total. The second kappa shape index (κ2) is 13.7. The van der Waals surface area contributed by atoms with Crippen molar-refractivity contribution in [3.05, 3.63) is 0 Å². The summed E-state index contributed by atoms with van der Waals surface area (Å²) in [6.07, 6.45) is 3.65. The van der Waals surface area contributed by atoms with Crippen molar-refractivity contribution >= 4 is 36.8 Å². The lowest BCUT2D eigenvalue weighted by Gasteiger charge is -2.25. The number of hydrogen-bond acceptors (Lipinski definition) is 6. The van der Waals surface area contributed by atoms with Crippen LogP contribution in [0.4, 0.5) is 0 Å². The molecule has 0 bridgehead atoms. The molecule has 4 atom stereocenters. The monoisotopic (exact) mass is 386 g/mol. The van der Waals surface area contributed by atoms with Gasteiger partial charge < -0.3 is 20.1 Å². The maximum atomic E-state index is 11.1. The summed E-state index contributed by atoms with van der Waals surface area (Å²) in [6.45, 7) is 6.05. The average molecular weight is 387 g/mol. The average Bonchev–Trinajstić information content (AvgIpc) is 2.54. The van der Waals surface area contributed by atoms with Gasteiger partial charge in [-0.2, -0.15) is 0 Å². The Labute approximate surface area is 157 Å². The number of carbonyl (C=O) groups is 2. The van der Waals surface area contributed by atoms with Crippen LogP contribution in [-0.2, 0) is 19.1 Å². The van der Waals surface area contributed by atoms with Crippen molar-refractivity contribution in [2.75, 3.05) is 27.3 Å². The first-order chi connectivity index (χ1) is 10.5. The highest BCUT2D eigenvalue weighted by atomic mass is 35.5. The van der Waals surface area contributed by atoms with Gasteiger partial charge in [0.15, 0.2) is 0 Å². The van der Waals surface area contributed by atoms with E-state index in [-0.39, 0.29) is 48.6 Å². The number of carbonyl (C=O) groups excluding carboxylic acids is 2. The molecular formula is C16H32Cl2N2O4. The summed E-state index contributed by atoms with van der Waals surface area (Å²) in [7, 11) is 2.91. The summed E-state index contributed by atoms with van der Waals surface area (Å²) in [6, 6.07) is 0.903. The molecule has 2 heterocycles. The van der Waals surface area contributed by atoms with E-state index in [0.717, 1.165) is 38.8 Å². The zero-order valence-corrected chi connectivity index (χ0v) is 16.6. The van der Waals surface area contributed by atoms with Gasteiger partial charge in [-0.25, -0.2) is 0 Å². The molecule has 2 aliphatic rings. The zero-order valence-electron chi connectivity index (χ0n) is 15.0. The first kappa shape index (κ1) is 25.7. The topological polar surface area (TPSA) is 76.7 Å². The molecule has 0 aromatic carbocycles. The number of hydrogen-bond donors (Lipinski definition) is 2. The fraction of sp³-hybridized carbons (Fsp3) is 0.875. The molecule has 24 heavy (non-hydrogen) atoms. The number of ether oxygens (including phenoxy) is 2. The SMILES string of the molecule is COC(=O)[C@@H]1CCN[C@H](C)C1.COC(=O)[C@H]1CCN[C@@H](C)C1.Cl.Cl. The van der Waals surface area contributed by atoms with Crippen LogP contribution >= 0.6 is 24.8 Å². The predicted octanol–water partition coefficient (Wildman–Crippen LogP) is 1.94. The van der Waals surface area contributed by atoms with Crippen molar-refractivity contribution in [1.82, 2.24) is 10.6 Å². The van der Waals surface area contributed by atoms with Crippen molar-refractivity contribution < 1.29 is 19.1 Å². The fourth-order valence-electron chi connectivity index (χ4n) is 3.03. The van der Waals surface area contributed by atoms with Crippen molar-refractivity contribution in [3.63, 3.8) is 0 Å². The van der Waals surface area contributed by atoms with Crippen LogP contribution in [-0.4, -0.2) is 51.3 Å². The first-order valence-corrected chi connectivity index (χ1v) is 8.10. The highest BCUT2D eigenvalue weighted by Gasteiger charge is 2.25. The lowest BCUT2D eigenvalue weighted by molar-refractivity contribution is -0.147. The van der Waals surface area contributed by atoms with Gasteiger partial charge in [0, 0.05) is 12.1 Å². The summed E-state index contributed by atoms with van der Waals surface area (Å²) in [4.78, 5) is 22.1. The maximum absolute atomic E-state index is 11.1. The standard InChI is InChI=1S/2C8H15NO2.2ClH/c2*1-6-5-7(3-4-9-6)8(10)11-2;;/h2*6-7,9H,3-5H2,1-2H3;2*1H/t2*6-,7-;;/m10../s1. The van der Waals surface area contributed by atoms with Gasteiger partial charge in [0.2, 0.25) is 0 Å². The normalized spacial score (nSPS) is 28.8. The molecule has 144 valence electrons. The van der Waals surface area contributed by atoms with Gasteiger partial charge in [0.1, 0.15) is 0 Å². The van der Waals surface area contributed by atoms with Crippen molar-refractivity contribution in [2.24, 2.45) is 11.8 Å². The third-order valence-electron chi connectivity index (χ3n) is 4.32. The number of esters is 2. The van der Waals surface area contributed by atoms with E-state index in [1.807, 2.05) is 0 Å². The Kier molecular flexibility index (Phi) is 14.7. The Morgan fingerprint density at radius 2 is 1.12 bits per heavy atom. The van der Waals surface area contributed by atoms with Gasteiger partial charge in [-0.3, -0.25) is 9.59 Å². The Morgan fingerprint density at radius 1 is 0.792 bits per heavy atom. The Bertz CT molecular complexity index is 338. The van der Waals surface area contributed by atoms with Crippen LogP contribution in [0.1, 0.15) is 39.5 Å². The van der Waals surface area contributed by atoms with E-state index in [1.165, 1.54) is 14.2 Å². The predicted molar refractivity (Wildman–Crippen MR) is 98.9 cm³/mol. The van der Waals surface area contributed by atoms with Crippen LogP contribution in [0.2, 0.25) is 0 Å². The molecule has 6 nitrogen and oxygen atoms in total. The molecule has 2 aliphatic heterocycles. The van der Waals surface area contributed by atoms with Crippen molar-refractivity contribution in [1.29, 1.82) is 0 Å². The van der Waals surface area contributed by atoms with Crippen LogP contribution in [0, 0.1) is 11.8 Å². The molecule has 2 fully saturated rings. The Hall–Kier alpha value is -0.560. The van der Waals surface area contributed by atoms with E-state index < -0.39 is 0 Å². The van der Waals surface area contributed by atoms with E-state index in [1.54, 1.807) is 0 Å². The molecule has 0 amide bonds. The summed E-state index contributed by atoms with van der Waals surface area (Å²) in [5.41, 5.74) is 0. The molecule has 0 saturated carbocycles. The number of piperidine rings is 2. The van der Waals surface area contributed by atoms with Gasteiger partial charge >= 0.3 is 11.9 Å². The minimum Gasteiger partial charge on any atom is -0.469 e. The largest absolute Gasteiger partial charge is 0.469 e. The number of methoxy groups -OCH3 is 2. The van der Waals surface area contributed by atoms with Crippen LogP contribution < -0.4 is 10.6 Å². The summed E-state index contributed by atoms with van der Waals surface area (Å²) >= 11 is 0. The van der Waals surface area contributed by atoms with E-state index in [4.69, 9.17) is 0 Å². The minimum absolute atomic E-state index is 0. The molecule has 0 unspecified atom stereocenters. The van der Waals surface area contributed by atoms with Crippen LogP contribution in [0.5, 0.6) is 0 Å². The molecule has 0 radical (unpaired) electrons. The van der Waals surface area contributed by atoms with E-state index in [9.17, 15) is 9.59 Å². The lowest BCUT2D eigenvalue weighted by atomic mass is 9.93. The molecule has 0 aromatic heterocycles. The van der Waals surface area contributed by atoms with E-state index in [2.05, 4.69) is 34.0 Å². The number of nitrogens with one attached hydrogen (secondary N) is 2. The van der Waals surface area contributed by atoms with Gasteiger partial charge in [-0.1, -0.05) is 0 Å². The quantitative estimate of drug-likeness (QED) is 0.706. The Balaban J connectivity index is 0. The minimum atomic E-state index is -0.0571. The smallest absolute Gasteiger partial charge is 0.308 e. The summed E-state index contributed by atoms with van der Waals surface area (Å²) in [5, 5.41) is 6.57. The molecule has 8 heteroatoms. The lowest BCUT2D eigenvalue weighted by Crippen LogP contribution is -2.38. The molecular weight excluding hydrogens is 355 g/mol. The van der Waals surface area contributed by atoms with Crippen LogP contribution in [0.25, 0.3) is 0 Å². The maximum Gasteiger partial charge on any atom is 0.308 e. The third kappa shape index (κ3) is 9.06. The molecule has 2 rings (SSSR count). The summed E-state index contributed by atoms with van der Waals surface area (Å²) in [5.74, 6) is 0.129. The molecule has 0 aliphatic carbocycles. The summed E-state index contributed by atoms with van der Waals surface area (Å²) < 4.78 is 9.34. The van der Waals surface area contributed by atoms with Crippen LogP contribution in [0.3, 0.4) is 0 Å². The third-order valence-corrected chi connectivity index (χ3v) is 4.32. The molecule has 0 spiro atoms. The number of rotatable bonds is 2. The highest BCUT2D eigenvalue weighted by molar-refractivity contribution is 5.85. The second-order valence-electron chi connectivity index (χ2n) is 6.20. The number of halogens is 2. The van der Waals surface area contributed by atoms with Gasteiger partial charge in [0.05, 0.1) is 26.1 Å². The van der Waals surface area contributed by atoms with E-state index in [0.29, 0.717) is 12.1 Å². The highest BCUT2D eigenvalue weighted by Crippen LogP contribution is 2.17. The zero-order chi connectivity index (χ0) is 16.5. The second-order valence-corrected chi connectivity index (χ2v) is 6.20. The van der Waals surface area contributed by atoms with E-state index >= 15 is 0 Å². The first-order valence-electron chi connectivity index (χ1n) is 8.10. The van der Waals surface area contributed by atoms with Crippen molar-refractivity contribution in [2.45, 2.75) is 51.6 Å². The van der Waals surface area contributed by atoms with Crippen LogP contribution in [0.15, 0.2) is 0 Å². The molecule has 0 aromatic rings. The van der Waals surface area contributed by atoms with Gasteiger partial charge in [0.25, 0.3) is 0 Å². The Morgan fingerprint density at radius 3 is 1.38 bits per heavy atom. The van der Waals surface area contributed by atoms with Gasteiger partial charge in [-0.15, -0.1) is 24.8 Å².